The van der Waals surface area contributed by atoms with E-state index >= 15 is 0 Å². The molecular weight excluding hydrogens is 328 g/mol. The van der Waals surface area contributed by atoms with Gasteiger partial charge in [0.25, 0.3) is 0 Å². The highest BCUT2D eigenvalue weighted by atomic mass is 16.6. The van der Waals surface area contributed by atoms with Gasteiger partial charge in [-0.2, -0.15) is 0 Å². The smallest absolute Gasteiger partial charge is 0.310 e. The van der Waals surface area contributed by atoms with Gasteiger partial charge in [0.2, 0.25) is 0 Å². The van der Waals surface area contributed by atoms with Crippen LogP contribution in [0.2, 0.25) is 0 Å². The summed E-state index contributed by atoms with van der Waals surface area (Å²) in [6.07, 6.45) is -0.234. The number of carbonyl (C=O) groups is 2. The average Bonchev–Trinajstić information content (AvgIpc) is 2.50. The van der Waals surface area contributed by atoms with E-state index in [0.29, 0.717) is 0 Å². The third-order valence-electron chi connectivity index (χ3n) is 4.60. The minimum absolute atomic E-state index is 0.00372. The third kappa shape index (κ3) is 6.81. The van der Waals surface area contributed by atoms with Crippen LogP contribution in [0.1, 0.15) is 71.9 Å². The molecule has 146 valence electrons. The van der Waals surface area contributed by atoms with Crippen LogP contribution in [0.25, 0.3) is 0 Å². The van der Waals surface area contributed by atoms with Crippen LogP contribution < -0.4 is 0 Å². The van der Waals surface area contributed by atoms with Crippen LogP contribution in [-0.2, 0) is 19.1 Å². The van der Waals surface area contributed by atoms with Gasteiger partial charge in [0, 0.05) is 5.92 Å². The maximum atomic E-state index is 12.7. The Kier molecular flexibility index (Phi) is 7.86. The van der Waals surface area contributed by atoms with Crippen LogP contribution in [0, 0.1) is 18.8 Å². The molecule has 1 aromatic carbocycles. The van der Waals surface area contributed by atoms with Crippen LogP contribution >= 0.6 is 0 Å². The van der Waals surface area contributed by atoms with Crippen LogP contribution in [0.3, 0.4) is 0 Å². The average molecular weight is 363 g/mol. The van der Waals surface area contributed by atoms with Gasteiger partial charge < -0.3 is 9.47 Å². The topological polar surface area (TPSA) is 52.6 Å². The molecule has 3 atom stereocenters. The molecule has 0 spiro atoms. The Balaban J connectivity index is 2.77. The fourth-order valence-electron chi connectivity index (χ4n) is 2.88. The molecule has 0 unspecified atom stereocenters. The fraction of sp³-hybridized carbons (Fsp3) is 0.636. The molecule has 0 fully saturated rings. The van der Waals surface area contributed by atoms with Gasteiger partial charge >= 0.3 is 11.9 Å². The van der Waals surface area contributed by atoms with Gasteiger partial charge in [-0.1, -0.05) is 45.0 Å². The molecule has 0 aliphatic heterocycles. The molecule has 0 aliphatic rings. The van der Waals surface area contributed by atoms with Crippen LogP contribution in [0.5, 0.6) is 0 Å². The molecule has 0 heterocycles. The number of hydrogen-bond acceptors (Lipinski definition) is 4. The summed E-state index contributed by atoms with van der Waals surface area (Å²) in [6, 6.07) is 8.11. The molecule has 0 saturated heterocycles. The number of aryl methyl sites for hydroxylation is 1. The highest BCUT2D eigenvalue weighted by Gasteiger charge is 2.31. The molecular formula is C22H34O4. The summed E-state index contributed by atoms with van der Waals surface area (Å²) in [6.45, 7) is 15.3. The van der Waals surface area contributed by atoms with Crippen molar-refractivity contribution in [1.82, 2.24) is 0 Å². The van der Waals surface area contributed by atoms with Crippen LogP contribution in [0.4, 0.5) is 0 Å². The minimum Gasteiger partial charge on any atom is -0.462 e. The second-order valence-electron chi connectivity index (χ2n) is 8.43. The normalized spacial score (nSPS) is 15.3. The van der Waals surface area contributed by atoms with E-state index in [4.69, 9.17) is 9.47 Å². The number of rotatable bonds is 7. The summed E-state index contributed by atoms with van der Waals surface area (Å²) in [7, 11) is 0. The van der Waals surface area contributed by atoms with Crippen molar-refractivity contribution in [2.45, 2.75) is 79.4 Å². The standard InChI is InChI=1S/C22H34O4/c1-14(2)19(13-20(23)26-22(6,7)8)21(24)25-17(5)16(4)18-12-10-9-11-15(18)3/h9-12,14,16-17,19H,13H2,1-8H3/t16-,17-,19+/m1/s1. The first kappa shape index (κ1) is 22.2. The van der Waals surface area contributed by atoms with Crippen LogP contribution in [-0.4, -0.2) is 23.6 Å². The van der Waals surface area contributed by atoms with Crippen molar-refractivity contribution in [2.75, 3.05) is 0 Å². The van der Waals surface area contributed by atoms with Crippen molar-refractivity contribution in [3.05, 3.63) is 35.4 Å². The molecule has 0 amide bonds. The highest BCUT2D eigenvalue weighted by Crippen LogP contribution is 2.27. The number of carbonyl (C=O) groups excluding carboxylic acids is 2. The largest absolute Gasteiger partial charge is 0.462 e. The molecule has 0 aliphatic carbocycles. The highest BCUT2D eigenvalue weighted by molar-refractivity contribution is 5.80. The maximum Gasteiger partial charge on any atom is 0.310 e. The van der Waals surface area contributed by atoms with Gasteiger partial charge in [-0.15, -0.1) is 0 Å². The monoisotopic (exact) mass is 362 g/mol. The van der Waals surface area contributed by atoms with E-state index in [1.165, 1.54) is 11.1 Å². The van der Waals surface area contributed by atoms with Gasteiger partial charge in [-0.05, 0) is 51.7 Å². The molecule has 0 radical (unpaired) electrons. The predicted octanol–water partition coefficient (Wildman–Crippen LogP) is 5.03. The van der Waals surface area contributed by atoms with Gasteiger partial charge in [-0.25, -0.2) is 0 Å². The first-order chi connectivity index (χ1) is 11.9. The molecule has 0 bridgehead atoms. The molecule has 4 heteroatoms. The van der Waals surface area contributed by atoms with Crippen molar-refractivity contribution in [3.8, 4) is 0 Å². The molecule has 1 aromatic rings. The van der Waals surface area contributed by atoms with E-state index in [2.05, 4.69) is 26.0 Å². The molecule has 0 saturated carbocycles. The number of benzene rings is 1. The summed E-state index contributed by atoms with van der Waals surface area (Å²) >= 11 is 0. The van der Waals surface area contributed by atoms with Crippen molar-refractivity contribution < 1.29 is 19.1 Å². The zero-order chi connectivity index (χ0) is 20.1. The molecule has 0 N–H and O–H groups in total. The fourth-order valence-corrected chi connectivity index (χ4v) is 2.88. The van der Waals surface area contributed by atoms with Crippen LogP contribution in [0.15, 0.2) is 24.3 Å². The lowest BCUT2D eigenvalue weighted by atomic mass is 9.91. The van der Waals surface area contributed by atoms with E-state index < -0.39 is 11.5 Å². The van der Waals surface area contributed by atoms with E-state index in [0.717, 1.165) is 0 Å². The predicted molar refractivity (Wildman–Crippen MR) is 104 cm³/mol. The van der Waals surface area contributed by atoms with Gasteiger partial charge in [0.05, 0.1) is 12.3 Å². The maximum absolute atomic E-state index is 12.7. The summed E-state index contributed by atoms with van der Waals surface area (Å²) in [5, 5.41) is 0. The summed E-state index contributed by atoms with van der Waals surface area (Å²) in [5.74, 6) is -1.13. The van der Waals surface area contributed by atoms with E-state index in [1.807, 2.05) is 53.7 Å². The van der Waals surface area contributed by atoms with Crippen molar-refractivity contribution >= 4 is 11.9 Å². The Hall–Kier alpha value is -1.84. The Labute approximate surface area is 158 Å². The second kappa shape index (κ2) is 9.20. The van der Waals surface area contributed by atoms with Gasteiger partial charge in [0.1, 0.15) is 11.7 Å². The summed E-state index contributed by atoms with van der Waals surface area (Å²) < 4.78 is 11.1. The number of esters is 2. The molecule has 1 rings (SSSR count). The molecule has 26 heavy (non-hydrogen) atoms. The van der Waals surface area contributed by atoms with Gasteiger partial charge in [-0.3, -0.25) is 9.59 Å². The van der Waals surface area contributed by atoms with E-state index in [9.17, 15) is 9.59 Å². The molecule has 0 aromatic heterocycles. The Bertz CT molecular complexity index is 613. The first-order valence-electron chi connectivity index (χ1n) is 9.40. The van der Waals surface area contributed by atoms with Crippen molar-refractivity contribution in [2.24, 2.45) is 11.8 Å². The SMILES string of the molecule is Cc1ccccc1[C@H](C)[C@@H](C)OC(=O)[C@@H](CC(=O)OC(C)(C)C)C(C)C. The lowest BCUT2D eigenvalue weighted by molar-refractivity contribution is -0.165. The zero-order valence-corrected chi connectivity index (χ0v) is 17.5. The quantitative estimate of drug-likeness (QED) is 0.638. The molecule has 4 nitrogen and oxygen atoms in total. The van der Waals surface area contributed by atoms with Gasteiger partial charge in [0.15, 0.2) is 0 Å². The minimum atomic E-state index is -0.560. The number of hydrogen-bond donors (Lipinski definition) is 0. The Morgan fingerprint density at radius 2 is 1.62 bits per heavy atom. The van der Waals surface area contributed by atoms with E-state index in [1.54, 1.807) is 0 Å². The Morgan fingerprint density at radius 3 is 2.12 bits per heavy atom. The summed E-state index contributed by atoms with van der Waals surface area (Å²) in [4.78, 5) is 24.8. The second-order valence-corrected chi connectivity index (χ2v) is 8.43. The van der Waals surface area contributed by atoms with E-state index in [-0.39, 0.29) is 36.3 Å². The first-order valence-corrected chi connectivity index (χ1v) is 9.40. The lowest BCUT2D eigenvalue weighted by Gasteiger charge is -2.27. The number of ether oxygens (including phenoxy) is 2. The summed E-state index contributed by atoms with van der Waals surface area (Å²) in [5.41, 5.74) is 1.79. The third-order valence-corrected chi connectivity index (χ3v) is 4.60. The zero-order valence-electron chi connectivity index (χ0n) is 17.5. The van der Waals surface area contributed by atoms with Crippen molar-refractivity contribution in [3.63, 3.8) is 0 Å². The lowest BCUT2D eigenvalue weighted by Crippen LogP contribution is -2.32. The Morgan fingerprint density at radius 1 is 1.04 bits per heavy atom. The van der Waals surface area contributed by atoms with Crippen molar-refractivity contribution in [1.29, 1.82) is 0 Å².